The first kappa shape index (κ1) is 105. The van der Waals surface area contributed by atoms with Gasteiger partial charge in [0.2, 0.25) is 34.8 Å². The standard InChI is InChI=1S/C101H152N24O14/c1-3-100(82-65-86-93-74(63-72-13-5-7-23-84(72)115-93)68-124(86)95(131)80(82)70-136-97(100)133)138-92(130)67-114-90(128)26-25-88(126)112-44-53-120(48-36-106-33-32-105-34-35-109-76-15-9-16-76)59-58-119(50-39-108-41-56-123(79-21-12-22-79)55-40-104-31-29-102)49-38-107-37-47-118(46-30-103)57-61-122(52-43-111-78-19-11-20-78)62-60-121(51-42-110-77-17-10-18-77)54-45-113-89(127)27-28-91(129)117-99(135)139-101(4-2)83-66-87-94-75(64-73-14-6-8-24-85(73)116-94)69-125(87)96(132)81(83)71-137-98(101)134/h5-8,13-14,23-24,63-66,76-79,104-111H,3-4,9-12,15-22,25-62,67-71,102-103H2,1-2H3,(H,112,126)(H,113,127)(H,114,128)(H,117,129,135)/t100-,101?/m0/s1. The number of fused-ring (bicyclic) bond motifs is 10. The Balaban J connectivity index is 0.547. The Labute approximate surface area is 816 Å². The number of nitrogens with two attached hydrogens (primary N) is 2. The Morgan fingerprint density at radius 1 is 0.417 bits per heavy atom. The van der Waals surface area contributed by atoms with Gasteiger partial charge in [-0.1, -0.05) is 75.9 Å². The Bertz CT molecular complexity index is 5220. The molecule has 1 unspecified atom stereocenters. The number of benzene rings is 2. The lowest BCUT2D eigenvalue weighted by Gasteiger charge is -2.37. The van der Waals surface area contributed by atoms with Crippen molar-refractivity contribution in [3.05, 3.63) is 127 Å². The van der Waals surface area contributed by atoms with E-state index in [0.717, 1.165) is 229 Å². The first-order chi connectivity index (χ1) is 67.8. The lowest BCUT2D eigenvalue weighted by Crippen LogP contribution is -2.49. The van der Waals surface area contributed by atoms with E-state index < -0.39 is 59.1 Å². The molecule has 8 aliphatic rings. The van der Waals surface area contributed by atoms with Gasteiger partial charge in [-0.3, -0.25) is 68.3 Å². The van der Waals surface area contributed by atoms with Gasteiger partial charge in [0.15, 0.2) is 0 Å². The molecule has 4 aliphatic carbocycles. The van der Waals surface area contributed by atoms with Gasteiger partial charge in [0, 0.05) is 305 Å². The lowest BCUT2D eigenvalue weighted by molar-refractivity contribution is -0.189. The summed E-state index contributed by atoms with van der Waals surface area (Å²) in [5, 5.41) is 42.2. The minimum absolute atomic E-state index is 0.0425. The summed E-state index contributed by atoms with van der Waals surface area (Å²) in [7, 11) is 0. The van der Waals surface area contributed by atoms with Crippen LogP contribution < -0.4 is 86.4 Å². The van der Waals surface area contributed by atoms with Gasteiger partial charge in [-0.25, -0.2) is 24.4 Å². The van der Waals surface area contributed by atoms with Crippen molar-refractivity contribution in [3.8, 4) is 22.8 Å². The molecule has 38 nitrogen and oxygen atoms in total. The van der Waals surface area contributed by atoms with Crippen LogP contribution in [0.25, 0.3) is 44.6 Å². The molecule has 0 saturated heterocycles. The molecule has 0 radical (unpaired) electrons. The molecule has 0 bridgehead atoms. The molecule has 4 aliphatic heterocycles. The summed E-state index contributed by atoms with van der Waals surface area (Å²) >= 11 is 0. The van der Waals surface area contributed by atoms with Gasteiger partial charge >= 0.3 is 24.0 Å². The minimum atomic E-state index is -2.03. The van der Waals surface area contributed by atoms with Crippen LogP contribution >= 0.6 is 0 Å². The van der Waals surface area contributed by atoms with Gasteiger partial charge in [0.05, 0.1) is 58.0 Å². The number of cyclic esters (lactones) is 2. The molecule has 139 heavy (non-hydrogen) atoms. The van der Waals surface area contributed by atoms with Crippen LogP contribution in [0.3, 0.4) is 0 Å². The van der Waals surface area contributed by atoms with Gasteiger partial charge in [0.1, 0.15) is 19.8 Å². The van der Waals surface area contributed by atoms with Gasteiger partial charge < -0.3 is 98.0 Å². The highest BCUT2D eigenvalue weighted by Crippen LogP contribution is 2.44. The monoisotopic (exact) mass is 1930 g/mol. The third kappa shape index (κ3) is 29.1. The van der Waals surface area contributed by atoms with Gasteiger partial charge in [-0.05, 0) is 101 Å². The molecule has 6 aromatic rings. The second-order valence-corrected chi connectivity index (χ2v) is 38.3. The van der Waals surface area contributed by atoms with Crippen molar-refractivity contribution >= 4 is 69.4 Å². The maximum atomic E-state index is 14.1. The van der Waals surface area contributed by atoms with Crippen molar-refractivity contribution in [2.45, 2.75) is 191 Å². The highest BCUT2D eigenvalue weighted by molar-refractivity contribution is 5.96. The van der Waals surface area contributed by atoms with Crippen molar-refractivity contribution < 1.29 is 57.3 Å². The number of carbonyl (C=O) groups is 8. The molecule has 14 rings (SSSR count). The number of hydrogen-bond donors (Lipinski definition) is 14. The second kappa shape index (κ2) is 53.4. The van der Waals surface area contributed by atoms with Crippen LogP contribution in [0.1, 0.15) is 163 Å². The largest absolute Gasteiger partial charge is 0.457 e. The number of carbonyl (C=O) groups excluding carboxylic acids is 8. The average molecular weight is 1930 g/mol. The minimum Gasteiger partial charge on any atom is -0.457 e. The summed E-state index contributed by atoms with van der Waals surface area (Å²) in [4.78, 5) is 162. The number of ether oxygens (including phenoxy) is 4. The third-order valence-corrected chi connectivity index (χ3v) is 29.0. The predicted octanol–water partition coefficient (Wildman–Crippen LogP) is 1.55. The molecular weight excluding hydrogens is 1770 g/mol. The van der Waals surface area contributed by atoms with Crippen LogP contribution in [0.4, 0.5) is 4.79 Å². The van der Waals surface area contributed by atoms with Crippen molar-refractivity contribution in [2.75, 3.05) is 229 Å². The number of imide groups is 1. The van der Waals surface area contributed by atoms with E-state index in [1.807, 2.05) is 60.7 Å². The number of aromatic nitrogens is 4. The summed E-state index contributed by atoms with van der Waals surface area (Å²) in [6.07, 6.45) is 12.5. The topological polar surface area (TPSA) is 459 Å². The van der Waals surface area contributed by atoms with Crippen LogP contribution in [0, 0.1) is 0 Å². The number of nitrogens with zero attached hydrogens (tertiary/aromatic N) is 10. The molecule has 0 spiro atoms. The third-order valence-electron chi connectivity index (χ3n) is 29.0. The number of amides is 5. The summed E-state index contributed by atoms with van der Waals surface area (Å²) in [5.41, 5.74) is 13.6. The van der Waals surface area contributed by atoms with E-state index in [4.69, 9.17) is 40.4 Å². The summed E-state index contributed by atoms with van der Waals surface area (Å²) in [6, 6.07) is 25.0. The van der Waals surface area contributed by atoms with E-state index in [2.05, 4.69) is 93.2 Å². The van der Waals surface area contributed by atoms with Gasteiger partial charge in [-0.15, -0.1) is 0 Å². The molecule has 4 aromatic heterocycles. The number of rotatable bonds is 65. The maximum absolute atomic E-state index is 14.1. The molecule has 2 atom stereocenters. The zero-order valence-electron chi connectivity index (χ0n) is 81.9. The first-order valence-electron chi connectivity index (χ1n) is 51.5. The molecule has 2 aromatic carbocycles. The lowest BCUT2D eigenvalue weighted by atomic mass is 9.85. The SMILES string of the molecule is CCC1(OC(=O)NC(=O)CCC(=O)NCCN(CCNC2CCC2)CCN(CCNC2CCC2)CCN(CCN)CCNCCN(CCNCCN(CCNCCN)C2CCC2)CCN(CCNCCNCCNC2CCC2)CCNC(=O)CCC(=O)NCC(=O)O[C@]2(CC)C(=O)OCc3c2cc2n(c3=O)Cc3cc4ccccc4nc3-2)C(=O)OCc2c1cc1n(c2=O)Cc2cc3ccccc3nc2-1. The number of alkyl carbamates (subject to hydrolysis) is 1. The molecule has 16 N–H and O–H groups in total. The van der Waals surface area contributed by atoms with Crippen molar-refractivity contribution in [1.82, 2.24) is 112 Å². The fourth-order valence-corrected chi connectivity index (χ4v) is 19.6. The Morgan fingerprint density at radius 2 is 0.799 bits per heavy atom. The predicted molar refractivity (Wildman–Crippen MR) is 534 cm³/mol. The van der Waals surface area contributed by atoms with Crippen LogP contribution in [-0.2, 0) is 90.0 Å². The fourth-order valence-electron chi connectivity index (χ4n) is 19.6. The van der Waals surface area contributed by atoms with Gasteiger partial charge in [-0.2, -0.15) is 0 Å². The summed E-state index contributed by atoms with van der Waals surface area (Å²) in [6.45, 7) is 28.8. The Morgan fingerprint density at radius 3 is 1.24 bits per heavy atom. The number of pyridine rings is 4. The molecule has 8 heterocycles. The normalized spacial score (nSPS) is 17.7. The van der Waals surface area contributed by atoms with E-state index in [1.165, 1.54) is 64.2 Å². The van der Waals surface area contributed by atoms with E-state index in [-0.39, 0.29) is 104 Å². The number of nitrogens with one attached hydrogen (secondary N) is 12. The van der Waals surface area contributed by atoms with Crippen LogP contribution in [-0.4, -0.2) is 349 Å². The zero-order valence-corrected chi connectivity index (χ0v) is 81.9. The molecular formula is C101H152N24O14. The van der Waals surface area contributed by atoms with Crippen molar-refractivity contribution in [2.24, 2.45) is 11.5 Å². The Hall–Kier alpha value is -9.72. The fraction of sp³-hybridized carbons (Fsp3) is 0.644. The number of para-hydroxylation sites is 2. The van der Waals surface area contributed by atoms with Crippen LogP contribution in [0.5, 0.6) is 0 Å². The molecule has 760 valence electrons. The number of hydrogen-bond acceptors (Lipinski definition) is 32. The average Bonchev–Trinajstić information content (AvgIpc) is 1.62. The molecule has 38 heteroatoms. The summed E-state index contributed by atoms with van der Waals surface area (Å²) in [5.74, 6) is -4.59. The molecule has 4 fully saturated rings. The zero-order chi connectivity index (χ0) is 97.3. The molecule has 4 saturated carbocycles. The maximum Gasteiger partial charge on any atom is 0.415 e. The highest BCUT2D eigenvalue weighted by Gasteiger charge is 2.53. The molecule has 5 amide bonds. The van der Waals surface area contributed by atoms with Crippen molar-refractivity contribution in [3.63, 3.8) is 0 Å². The first-order valence-corrected chi connectivity index (χ1v) is 51.5. The van der Waals surface area contributed by atoms with E-state index in [9.17, 15) is 47.9 Å². The van der Waals surface area contributed by atoms with E-state index in [1.54, 1.807) is 35.1 Å². The van der Waals surface area contributed by atoms with Gasteiger partial charge in [0.25, 0.3) is 11.1 Å². The van der Waals surface area contributed by atoms with Crippen LogP contribution in [0.15, 0.2) is 82.4 Å². The van der Waals surface area contributed by atoms with E-state index in [0.29, 0.717) is 86.2 Å². The summed E-state index contributed by atoms with van der Waals surface area (Å²) < 4.78 is 26.1. The second-order valence-electron chi connectivity index (χ2n) is 38.3. The Kier molecular flexibility index (Phi) is 40.4. The van der Waals surface area contributed by atoms with Crippen molar-refractivity contribution in [1.29, 1.82) is 0 Å². The number of esters is 3. The van der Waals surface area contributed by atoms with Crippen LogP contribution in [0.2, 0.25) is 0 Å². The van der Waals surface area contributed by atoms with E-state index >= 15 is 0 Å². The smallest absolute Gasteiger partial charge is 0.415 e. The highest BCUT2D eigenvalue weighted by atomic mass is 16.6. The quantitative estimate of drug-likeness (QED) is 0.0146.